The molecule has 0 N–H and O–H groups in total. The van der Waals surface area contributed by atoms with Crippen LogP contribution in [0.5, 0.6) is 0 Å². The zero-order chi connectivity index (χ0) is 24.4. The second kappa shape index (κ2) is 11.0. The number of hydrogen-bond donors (Lipinski definition) is 0. The van der Waals surface area contributed by atoms with Gasteiger partial charge in [0.1, 0.15) is 18.3 Å². The summed E-state index contributed by atoms with van der Waals surface area (Å²) < 4.78 is 37.4. The monoisotopic (exact) mass is 504 g/mol. The molecule has 4 aliphatic rings. The highest BCUT2D eigenvalue weighted by Crippen LogP contribution is 2.40. The topological polar surface area (TPSA) is 72.5 Å². The van der Waals surface area contributed by atoms with Gasteiger partial charge in [0.2, 0.25) is 0 Å². The second-order valence-electron chi connectivity index (χ2n) is 11.6. The summed E-state index contributed by atoms with van der Waals surface area (Å²) in [5.74, 6) is 0.203. The largest absolute Gasteiger partial charge is 0.452 e. The molecule has 1 aromatic carbocycles. The van der Waals surface area contributed by atoms with Crippen molar-refractivity contribution in [2.24, 2.45) is 5.92 Å². The molecule has 3 aliphatic heterocycles. The van der Waals surface area contributed by atoms with Gasteiger partial charge in [-0.3, -0.25) is 0 Å². The van der Waals surface area contributed by atoms with Crippen molar-refractivity contribution < 1.29 is 33.2 Å². The Labute approximate surface area is 209 Å². The highest BCUT2D eigenvalue weighted by Gasteiger charge is 2.56. The number of benzene rings is 1. The summed E-state index contributed by atoms with van der Waals surface area (Å²) in [7, 11) is -1.28. The summed E-state index contributed by atoms with van der Waals surface area (Å²) >= 11 is 0. The molecule has 5 rings (SSSR count). The van der Waals surface area contributed by atoms with E-state index in [0.717, 1.165) is 24.4 Å². The molecule has 7 atom stereocenters. The summed E-state index contributed by atoms with van der Waals surface area (Å²) in [6.07, 6.45) is 3.13. The number of rotatable bonds is 7. The van der Waals surface area contributed by atoms with Gasteiger partial charge in [-0.05, 0) is 18.4 Å². The van der Waals surface area contributed by atoms with E-state index in [1.165, 1.54) is 19.3 Å². The third-order valence-electron chi connectivity index (χ3n) is 7.60. The Hall–Kier alpha value is -1.29. The molecule has 0 aromatic heterocycles. The molecule has 3 saturated heterocycles. The molecule has 8 heteroatoms. The number of fused-ring (bicyclic) bond motifs is 3. The van der Waals surface area contributed by atoms with Crippen molar-refractivity contribution >= 4 is 14.0 Å². The van der Waals surface area contributed by atoms with Gasteiger partial charge in [-0.25, -0.2) is 4.79 Å². The molecule has 194 valence electrons. The lowest BCUT2D eigenvalue weighted by atomic mass is 9.85. The van der Waals surface area contributed by atoms with Gasteiger partial charge in [-0.1, -0.05) is 82.1 Å². The highest BCUT2D eigenvalue weighted by molar-refractivity contribution is 6.76. The molecule has 35 heavy (non-hydrogen) atoms. The van der Waals surface area contributed by atoms with Gasteiger partial charge in [-0.2, -0.15) is 0 Å². The van der Waals surface area contributed by atoms with Crippen molar-refractivity contribution in [3.8, 4) is 0 Å². The van der Waals surface area contributed by atoms with Gasteiger partial charge < -0.3 is 28.4 Å². The Morgan fingerprint density at radius 2 is 1.71 bits per heavy atom. The van der Waals surface area contributed by atoms with Gasteiger partial charge >= 0.3 is 5.97 Å². The van der Waals surface area contributed by atoms with Crippen molar-refractivity contribution in [1.82, 2.24) is 0 Å². The first-order chi connectivity index (χ1) is 16.9. The third kappa shape index (κ3) is 6.17. The van der Waals surface area contributed by atoms with Crippen LogP contribution in [0.4, 0.5) is 0 Å². The van der Waals surface area contributed by atoms with E-state index in [4.69, 9.17) is 28.4 Å². The van der Waals surface area contributed by atoms with Crippen LogP contribution in [0.25, 0.3) is 0 Å². The zero-order valence-electron chi connectivity index (χ0n) is 21.2. The van der Waals surface area contributed by atoms with Crippen LogP contribution in [0, 0.1) is 5.92 Å². The Morgan fingerprint density at radius 1 is 0.943 bits per heavy atom. The van der Waals surface area contributed by atoms with Crippen molar-refractivity contribution in [3.63, 3.8) is 0 Å². The zero-order valence-corrected chi connectivity index (χ0v) is 22.2. The van der Waals surface area contributed by atoms with Crippen molar-refractivity contribution in [3.05, 3.63) is 35.9 Å². The lowest BCUT2D eigenvalue weighted by Crippen LogP contribution is -2.67. The molecular weight excluding hydrogens is 464 g/mol. The van der Waals surface area contributed by atoms with Gasteiger partial charge in [0.25, 0.3) is 0 Å². The van der Waals surface area contributed by atoms with Crippen molar-refractivity contribution in [2.45, 2.75) is 107 Å². The Kier molecular flexibility index (Phi) is 7.96. The van der Waals surface area contributed by atoms with E-state index >= 15 is 0 Å². The van der Waals surface area contributed by atoms with Crippen LogP contribution < -0.4 is 0 Å². The lowest BCUT2D eigenvalue weighted by Gasteiger charge is -2.51. The van der Waals surface area contributed by atoms with Crippen molar-refractivity contribution in [1.29, 1.82) is 0 Å². The molecule has 3 heterocycles. The number of carbonyl (C=O) groups excluding carboxylic acids is 1. The van der Waals surface area contributed by atoms with Crippen LogP contribution in [-0.2, 0) is 33.2 Å². The number of esters is 1. The molecule has 0 spiro atoms. The smallest absolute Gasteiger partial charge is 0.335 e. The van der Waals surface area contributed by atoms with E-state index in [9.17, 15) is 4.79 Å². The number of carbonyl (C=O) groups is 1. The maximum Gasteiger partial charge on any atom is 0.335 e. The lowest BCUT2D eigenvalue weighted by molar-refractivity contribution is -0.378. The van der Waals surface area contributed by atoms with Gasteiger partial charge in [-0.15, -0.1) is 0 Å². The van der Waals surface area contributed by atoms with Crippen molar-refractivity contribution in [2.75, 3.05) is 13.2 Å². The predicted octanol–water partition coefficient (Wildman–Crippen LogP) is 4.83. The molecule has 7 nitrogen and oxygen atoms in total. The fourth-order valence-electron chi connectivity index (χ4n) is 5.55. The Balaban J connectivity index is 1.32. The minimum absolute atomic E-state index is 0.302. The number of hydrogen-bond acceptors (Lipinski definition) is 7. The van der Waals surface area contributed by atoms with Gasteiger partial charge in [0.15, 0.2) is 24.8 Å². The van der Waals surface area contributed by atoms with Crippen LogP contribution in [0.3, 0.4) is 0 Å². The molecular formula is C27H40O7Si. The minimum atomic E-state index is -1.28. The molecule has 1 saturated carbocycles. The molecule has 0 radical (unpaired) electrons. The maximum absolute atomic E-state index is 13.0. The van der Waals surface area contributed by atoms with E-state index in [0.29, 0.717) is 25.6 Å². The van der Waals surface area contributed by atoms with E-state index in [-0.39, 0.29) is 12.1 Å². The van der Waals surface area contributed by atoms with Crippen LogP contribution in [0.1, 0.15) is 50.4 Å². The summed E-state index contributed by atoms with van der Waals surface area (Å²) in [4.78, 5) is 13.0. The maximum atomic E-state index is 13.0. The Morgan fingerprint density at radius 3 is 2.46 bits per heavy atom. The predicted molar refractivity (Wildman–Crippen MR) is 133 cm³/mol. The first-order valence-electron chi connectivity index (χ1n) is 13.3. The standard InChI is InChI=1S/C27H40O7Si/c1-35(2,3)15-14-29-27-24-23(31-20(25(28)33-24)16-18-10-6-4-7-11-18)22-21(32-27)17-30-26(34-22)19-12-8-5-9-13-19/h5,8-9,12-13,18,20-24,26-27H,4,6-7,10-11,14-17H2,1-3H3/t20-,21+,22-,23-,24+,26-,27+/m0/s1. The van der Waals surface area contributed by atoms with Crippen LogP contribution in [0.15, 0.2) is 30.3 Å². The average molecular weight is 505 g/mol. The third-order valence-corrected chi connectivity index (χ3v) is 9.30. The summed E-state index contributed by atoms with van der Waals surface area (Å²) in [5.41, 5.74) is 0.947. The first-order valence-corrected chi connectivity index (χ1v) is 17.0. The second-order valence-corrected chi connectivity index (χ2v) is 17.3. The number of ether oxygens (including phenoxy) is 6. The van der Waals surface area contributed by atoms with Gasteiger partial charge in [0, 0.05) is 20.2 Å². The van der Waals surface area contributed by atoms with Gasteiger partial charge in [0.05, 0.1) is 6.61 Å². The quantitative estimate of drug-likeness (QED) is 0.389. The first kappa shape index (κ1) is 25.4. The minimum Gasteiger partial charge on any atom is -0.452 e. The molecule has 4 fully saturated rings. The SMILES string of the molecule is C[Si](C)(C)CCO[C@@H]1O[C@@H]2CO[C@H](c3ccccc3)O[C@@H]2[C@@H]2O[C@@H](CC3CCCCC3)C(=O)O[C@@H]12. The molecule has 0 unspecified atom stereocenters. The van der Waals surface area contributed by atoms with E-state index in [1.807, 2.05) is 30.3 Å². The normalized spacial score (nSPS) is 36.2. The molecule has 1 aromatic rings. The molecule has 0 amide bonds. The Bertz CT molecular complexity index is 838. The van der Waals surface area contributed by atoms with E-state index in [1.54, 1.807) is 0 Å². The fourth-order valence-corrected chi connectivity index (χ4v) is 6.28. The van der Waals surface area contributed by atoms with Crippen LogP contribution >= 0.6 is 0 Å². The summed E-state index contributed by atoms with van der Waals surface area (Å²) in [6, 6.07) is 10.9. The van der Waals surface area contributed by atoms with E-state index in [2.05, 4.69) is 19.6 Å². The van der Waals surface area contributed by atoms with Crippen LogP contribution in [-0.4, -0.2) is 64.1 Å². The summed E-state index contributed by atoms with van der Waals surface area (Å²) in [5, 5.41) is 0. The molecule has 1 aliphatic carbocycles. The summed E-state index contributed by atoms with van der Waals surface area (Å²) in [6.45, 7) is 7.86. The highest BCUT2D eigenvalue weighted by atomic mass is 28.3. The van der Waals surface area contributed by atoms with E-state index < -0.39 is 45.1 Å². The van der Waals surface area contributed by atoms with Crippen LogP contribution in [0.2, 0.25) is 25.7 Å². The average Bonchev–Trinajstić information content (AvgIpc) is 2.85. The fraction of sp³-hybridized carbons (Fsp3) is 0.741. The molecule has 0 bridgehead atoms.